The summed E-state index contributed by atoms with van der Waals surface area (Å²) in [7, 11) is 0. The largest absolute Gasteiger partial charge is 0.399 e. The Morgan fingerprint density at radius 1 is 0.895 bits per heavy atom. The van der Waals surface area contributed by atoms with Crippen molar-refractivity contribution in [1.82, 2.24) is 0 Å². The second-order valence-electron chi connectivity index (χ2n) is 4.22. The molecule has 0 atom stereocenters. The average Bonchev–Trinajstić information content (AvgIpc) is 2.45. The van der Waals surface area contributed by atoms with Gasteiger partial charge in [0.1, 0.15) is 0 Å². The van der Waals surface area contributed by atoms with Crippen molar-refractivity contribution in [2.45, 2.75) is 11.3 Å². The molecule has 0 aliphatic carbocycles. The van der Waals surface area contributed by atoms with Gasteiger partial charge >= 0.3 is 0 Å². The molecule has 0 heterocycles. The van der Waals surface area contributed by atoms with E-state index in [4.69, 9.17) is 10.5 Å². The Kier molecular flexibility index (Phi) is 5.79. The van der Waals surface area contributed by atoms with E-state index in [2.05, 4.69) is 30.3 Å². The van der Waals surface area contributed by atoms with Gasteiger partial charge in [0.25, 0.3) is 0 Å². The number of ether oxygens (including phenoxy) is 1. The van der Waals surface area contributed by atoms with Crippen LogP contribution in [0.2, 0.25) is 0 Å². The summed E-state index contributed by atoms with van der Waals surface area (Å²) in [6.45, 7) is 1.50. The molecule has 0 aliphatic heterocycles. The van der Waals surface area contributed by atoms with Crippen LogP contribution in [0.1, 0.15) is 5.56 Å². The topological polar surface area (TPSA) is 35.2 Å². The number of rotatable bonds is 7. The Hall–Kier alpha value is -1.45. The minimum Gasteiger partial charge on any atom is -0.399 e. The molecule has 2 nitrogen and oxygen atoms in total. The highest BCUT2D eigenvalue weighted by Crippen LogP contribution is 2.16. The van der Waals surface area contributed by atoms with Gasteiger partial charge in [-0.2, -0.15) is 0 Å². The first-order valence-electron chi connectivity index (χ1n) is 6.45. The number of nitrogen functional groups attached to an aromatic ring is 1. The number of para-hydroxylation sites is 1. The van der Waals surface area contributed by atoms with E-state index >= 15 is 0 Å². The third-order valence-electron chi connectivity index (χ3n) is 2.81. The van der Waals surface area contributed by atoms with Crippen LogP contribution >= 0.6 is 11.8 Å². The molecule has 0 amide bonds. The van der Waals surface area contributed by atoms with Crippen molar-refractivity contribution in [3.8, 4) is 0 Å². The third kappa shape index (κ3) is 4.97. The van der Waals surface area contributed by atoms with Gasteiger partial charge in [0.2, 0.25) is 0 Å². The number of thioether (sulfide) groups is 1. The Bertz CT molecular complexity index is 487. The maximum Gasteiger partial charge on any atom is 0.0560 e. The molecule has 0 aliphatic rings. The van der Waals surface area contributed by atoms with Gasteiger partial charge in [-0.25, -0.2) is 0 Å². The van der Waals surface area contributed by atoms with Crippen molar-refractivity contribution >= 4 is 17.4 Å². The van der Waals surface area contributed by atoms with Crippen LogP contribution in [0.5, 0.6) is 0 Å². The van der Waals surface area contributed by atoms with Crippen LogP contribution in [0.25, 0.3) is 0 Å². The summed E-state index contributed by atoms with van der Waals surface area (Å²) in [5.74, 6) is 0.980. The van der Waals surface area contributed by atoms with Crippen molar-refractivity contribution in [2.24, 2.45) is 0 Å². The number of hydrogen-bond acceptors (Lipinski definition) is 3. The summed E-state index contributed by atoms with van der Waals surface area (Å²) < 4.78 is 5.64. The van der Waals surface area contributed by atoms with Crippen LogP contribution in [0.4, 0.5) is 5.69 Å². The van der Waals surface area contributed by atoms with Crippen LogP contribution in [0.15, 0.2) is 59.5 Å². The zero-order valence-electron chi connectivity index (χ0n) is 10.9. The minimum absolute atomic E-state index is 0.726. The van der Waals surface area contributed by atoms with Gasteiger partial charge in [-0.1, -0.05) is 36.4 Å². The lowest BCUT2D eigenvalue weighted by atomic mass is 10.1. The van der Waals surface area contributed by atoms with Crippen LogP contribution in [-0.4, -0.2) is 19.0 Å². The van der Waals surface area contributed by atoms with E-state index in [0.717, 1.165) is 31.1 Å². The average molecular weight is 273 g/mol. The van der Waals surface area contributed by atoms with Crippen molar-refractivity contribution < 1.29 is 4.74 Å². The van der Waals surface area contributed by atoms with Crippen LogP contribution in [-0.2, 0) is 11.2 Å². The van der Waals surface area contributed by atoms with E-state index < -0.39 is 0 Å². The smallest absolute Gasteiger partial charge is 0.0560 e. The highest BCUT2D eigenvalue weighted by Gasteiger charge is 1.98. The number of anilines is 1. The first-order chi connectivity index (χ1) is 9.36. The van der Waals surface area contributed by atoms with Crippen molar-refractivity contribution in [1.29, 1.82) is 0 Å². The molecule has 0 unspecified atom stereocenters. The number of hydrogen-bond donors (Lipinski definition) is 1. The SMILES string of the molecule is Nc1ccccc1CCOCCSc1ccccc1. The fraction of sp³-hybridized carbons (Fsp3) is 0.250. The summed E-state index contributed by atoms with van der Waals surface area (Å²) in [6, 6.07) is 18.3. The second kappa shape index (κ2) is 7.87. The van der Waals surface area contributed by atoms with Gasteiger partial charge in [-0.15, -0.1) is 11.8 Å². The Morgan fingerprint density at radius 2 is 1.63 bits per heavy atom. The lowest BCUT2D eigenvalue weighted by Crippen LogP contribution is -2.04. The molecule has 3 heteroatoms. The molecule has 0 aromatic heterocycles. The molecule has 0 spiro atoms. The van der Waals surface area contributed by atoms with Gasteiger partial charge < -0.3 is 10.5 Å². The maximum atomic E-state index is 5.88. The molecule has 0 fully saturated rings. The predicted octanol–water partition coefficient (Wildman–Crippen LogP) is 3.62. The summed E-state index contributed by atoms with van der Waals surface area (Å²) in [5.41, 5.74) is 7.89. The fourth-order valence-corrected chi connectivity index (χ4v) is 2.57. The highest BCUT2D eigenvalue weighted by atomic mass is 32.2. The van der Waals surface area contributed by atoms with E-state index in [1.54, 1.807) is 0 Å². The first kappa shape index (κ1) is 14.0. The molecule has 19 heavy (non-hydrogen) atoms. The standard InChI is InChI=1S/C16H19NOS/c17-16-9-5-4-6-14(16)10-11-18-12-13-19-15-7-2-1-3-8-15/h1-9H,10-13,17H2. The van der Waals surface area contributed by atoms with Gasteiger partial charge in [0, 0.05) is 16.3 Å². The van der Waals surface area contributed by atoms with Crippen molar-refractivity contribution in [3.63, 3.8) is 0 Å². The lowest BCUT2D eigenvalue weighted by Gasteiger charge is -2.06. The zero-order chi connectivity index (χ0) is 13.3. The number of benzene rings is 2. The van der Waals surface area contributed by atoms with Crippen LogP contribution < -0.4 is 5.73 Å². The van der Waals surface area contributed by atoms with E-state index in [1.165, 1.54) is 10.5 Å². The molecular formula is C16H19NOS. The summed E-state index contributed by atoms with van der Waals surface area (Å²) in [4.78, 5) is 1.29. The molecule has 100 valence electrons. The molecule has 2 aromatic carbocycles. The highest BCUT2D eigenvalue weighted by molar-refractivity contribution is 7.99. The van der Waals surface area contributed by atoms with Gasteiger partial charge in [0.15, 0.2) is 0 Å². The molecule has 0 radical (unpaired) electrons. The molecule has 2 N–H and O–H groups in total. The summed E-state index contributed by atoms with van der Waals surface area (Å²) >= 11 is 1.82. The van der Waals surface area contributed by atoms with E-state index in [9.17, 15) is 0 Å². The van der Waals surface area contributed by atoms with E-state index in [1.807, 2.05) is 36.0 Å². The minimum atomic E-state index is 0.726. The lowest BCUT2D eigenvalue weighted by molar-refractivity contribution is 0.153. The fourth-order valence-electron chi connectivity index (χ4n) is 1.78. The molecule has 2 rings (SSSR count). The molecule has 2 aromatic rings. The van der Waals surface area contributed by atoms with Gasteiger partial charge in [0.05, 0.1) is 13.2 Å². The van der Waals surface area contributed by atoms with Gasteiger partial charge in [-0.3, -0.25) is 0 Å². The Labute approximate surface area is 119 Å². The summed E-state index contributed by atoms with van der Waals surface area (Å²) in [5, 5.41) is 0. The molecule has 0 bridgehead atoms. The van der Waals surface area contributed by atoms with Crippen molar-refractivity contribution in [2.75, 3.05) is 24.7 Å². The molecule has 0 saturated heterocycles. The van der Waals surface area contributed by atoms with Crippen LogP contribution in [0, 0.1) is 0 Å². The molecular weight excluding hydrogens is 254 g/mol. The first-order valence-corrected chi connectivity index (χ1v) is 7.44. The van der Waals surface area contributed by atoms with Gasteiger partial charge in [-0.05, 0) is 30.2 Å². The molecule has 0 saturated carbocycles. The van der Waals surface area contributed by atoms with Crippen molar-refractivity contribution in [3.05, 3.63) is 60.2 Å². The second-order valence-corrected chi connectivity index (χ2v) is 5.39. The summed E-state index contributed by atoms with van der Waals surface area (Å²) in [6.07, 6.45) is 0.878. The Balaban J connectivity index is 1.59. The zero-order valence-corrected chi connectivity index (χ0v) is 11.7. The third-order valence-corrected chi connectivity index (χ3v) is 3.79. The quantitative estimate of drug-likeness (QED) is 0.475. The van der Waals surface area contributed by atoms with E-state index in [-0.39, 0.29) is 0 Å². The van der Waals surface area contributed by atoms with Crippen LogP contribution in [0.3, 0.4) is 0 Å². The predicted molar refractivity (Wildman–Crippen MR) is 82.5 cm³/mol. The van der Waals surface area contributed by atoms with E-state index in [0.29, 0.717) is 0 Å². The monoisotopic (exact) mass is 273 g/mol. The maximum absolute atomic E-state index is 5.88. The number of nitrogens with two attached hydrogens (primary N) is 1. The Morgan fingerprint density at radius 3 is 2.42 bits per heavy atom. The normalized spacial score (nSPS) is 10.5.